The normalized spacial score (nSPS) is 14.8. The molecule has 12 nitrogen and oxygen atoms in total. The topological polar surface area (TPSA) is 137 Å². The molecule has 314 valence electrons. The standard InChI is InChI=1S/C46H55N3O9S/c1-44(2,3)56-41(51)38-34-24-30(26-48(43(53)58-46(7,8)9)22-21-28-17-20-36-33(23-28)32-13-11-12-14-35(32)55-36)49(25-29-15-18-31(54-10)19-16-29)27-37(34)59-40(38)47-39(50)42(52)57-45(4,5)6/h11-20,23,30H,21-22,24-27H2,1-10H3,(H,47,50). The van der Waals surface area contributed by atoms with Gasteiger partial charge in [0.25, 0.3) is 0 Å². The number of carbonyl (C=O) groups excluding carboxylic acids is 4. The van der Waals surface area contributed by atoms with Gasteiger partial charge in [-0.2, -0.15) is 0 Å². The van der Waals surface area contributed by atoms with Crippen molar-refractivity contribution < 1.29 is 42.5 Å². The van der Waals surface area contributed by atoms with E-state index in [2.05, 4.69) is 16.3 Å². The second kappa shape index (κ2) is 17.1. The van der Waals surface area contributed by atoms with Crippen molar-refractivity contribution >= 4 is 62.2 Å². The molecule has 1 aliphatic rings. The van der Waals surface area contributed by atoms with Crippen LogP contribution >= 0.6 is 11.3 Å². The minimum absolute atomic E-state index is 0.190. The second-order valence-electron chi connectivity index (χ2n) is 17.9. The summed E-state index contributed by atoms with van der Waals surface area (Å²) in [6.07, 6.45) is 0.434. The number of hydrogen-bond donors (Lipinski definition) is 1. The van der Waals surface area contributed by atoms with Gasteiger partial charge in [0.15, 0.2) is 0 Å². The van der Waals surface area contributed by atoms with E-state index in [1.807, 2.05) is 81.4 Å². The minimum atomic E-state index is -1.06. The number of fused-ring (bicyclic) bond motifs is 4. The van der Waals surface area contributed by atoms with Crippen molar-refractivity contribution in [3.05, 3.63) is 93.9 Å². The molecule has 0 saturated carbocycles. The summed E-state index contributed by atoms with van der Waals surface area (Å²) in [6, 6.07) is 21.5. The van der Waals surface area contributed by atoms with Crippen LogP contribution in [0.1, 0.15) is 94.2 Å². The van der Waals surface area contributed by atoms with Gasteiger partial charge in [0.1, 0.15) is 38.7 Å². The van der Waals surface area contributed by atoms with Crippen molar-refractivity contribution in [3.63, 3.8) is 0 Å². The molecule has 59 heavy (non-hydrogen) atoms. The van der Waals surface area contributed by atoms with Crippen molar-refractivity contribution in [2.24, 2.45) is 0 Å². The van der Waals surface area contributed by atoms with Crippen molar-refractivity contribution in [1.82, 2.24) is 9.80 Å². The highest BCUT2D eigenvalue weighted by Crippen LogP contribution is 2.41. The quantitative estimate of drug-likeness (QED) is 0.0824. The molecule has 0 radical (unpaired) electrons. The number of furan rings is 1. The van der Waals surface area contributed by atoms with Gasteiger partial charge in [-0.05, 0) is 122 Å². The number of nitrogens with one attached hydrogen (secondary N) is 1. The van der Waals surface area contributed by atoms with E-state index in [9.17, 15) is 19.2 Å². The van der Waals surface area contributed by atoms with Crippen LogP contribution in [0, 0.1) is 0 Å². The summed E-state index contributed by atoms with van der Waals surface area (Å²) >= 11 is 1.23. The first-order chi connectivity index (χ1) is 27.7. The zero-order valence-electron chi connectivity index (χ0n) is 35.6. The summed E-state index contributed by atoms with van der Waals surface area (Å²) in [6.45, 7) is 17.4. The lowest BCUT2D eigenvalue weighted by Crippen LogP contribution is -2.50. The lowest BCUT2D eigenvalue weighted by Gasteiger charge is -2.39. The lowest BCUT2D eigenvalue weighted by molar-refractivity contribution is -0.161. The van der Waals surface area contributed by atoms with E-state index in [-0.39, 0.29) is 23.2 Å². The SMILES string of the molecule is COc1ccc(CN2Cc3sc(NC(=O)C(=O)OC(C)(C)C)c(C(=O)OC(C)(C)C)c3CC2CN(CCc2ccc3oc4ccccc4c3c2)C(=O)OC(C)(C)C)cc1. The van der Waals surface area contributed by atoms with Crippen LogP contribution in [0.15, 0.2) is 71.1 Å². The third-order valence-electron chi connectivity index (χ3n) is 9.55. The largest absolute Gasteiger partial charge is 0.497 e. The van der Waals surface area contributed by atoms with Gasteiger partial charge in [-0.25, -0.2) is 14.4 Å². The Balaban J connectivity index is 1.36. The molecule has 0 bridgehead atoms. The summed E-state index contributed by atoms with van der Waals surface area (Å²) in [4.78, 5) is 59.0. The first-order valence-electron chi connectivity index (χ1n) is 19.8. The molecule has 0 saturated heterocycles. The van der Waals surface area contributed by atoms with Crippen LogP contribution in [-0.2, 0) is 49.7 Å². The Bertz CT molecular complexity index is 2340. The Morgan fingerprint density at radius 2 is 1.46 bits per heavy atom. The lowest BCUT2D eigenvalue weighted by atomic mass is 9.94. The van der Waals surface area contributed by atoms with E-state index in [1.165, 1.54) is 11.3 Å². The summed E-state index contributed by atoms with van der Waals surface area (Å²) in [7, 11) is 1.62. The molecule has 6 rings (SSSR count). The predicted molar refractivity (Wildman–Crippen MR) is 229 cm³/mol. The number of methoxy groups -OCH3 is 1. The third-order valence-corrected chi connectivity index (χ3v) is 10.7. The van der Waals surface area contributed by atoms with E-state index in [1.54, 1.807) is 53.6 Å². The molecule has 2 aromatic heterocycles. The van der Waals surface area contributed by atoms with E-state index in [4.69, 9.17) is 23.4 Å². The number of rotatable bonds is 10. The van der Waals surface area contributed by atoms with Crippen LogP contribution in [0.3, 0.4) is 0 Å². The Morgan fingerprint density at radius 1 is 0.814 bits per heavy atom. The molecule has 1 N–H and O–H groups in total. The van der Waals surface area contributed by atoms with Crippen molar-refractivity contribution in [1.29, 1.82) is 0 Å². The van der Waals surface area contributed by atoms with Crippen LogP contribution in [0.25, 0.3) is 21.9 Å². The molecule has 2 amide bonds. The molecule has 3 heterocycles. The van der Waals surface area contributed by atoms with Gasteiger partial charge in [0.2, 0.25) is 0 Å². The number of anilines is 1. The van der Waals surface area contributed by atoms with Gasteiger partial charge < -0.3 is 33.6 Å². The number of nitrogens with zero attached hydrogens (tertiary/aromatic N) is 2. The molecule has 13 heteroatoms. The third kappa shape index (κ3) is 11.0. The van der Waals surface area contributed by atoms with E-state index in [0.717, 1.165) is 43.7 Å². The fourth-order valence-corrected chi connectivity index (χ4v) is 8.24. The maximum atomic E-state index is 14.1. The van der Waals surface area contributed by atoms with Crippen LogP contribution in [0.4, 0.5) is 9.80 Å². The van der Waals surface area contributed by atoms with Crippen LogP contribution in [-0.4, -0.2) is 76.8 Å². The molecule has 5 aromatic rings. The van der Waals surface area contributed by atoms with E-state index >= 15 is 0 Å². The second-order valence-corrected chi connectivity index (χ2v) is 19.0. The number of carbonyl (C=O) groups is 4. The molecule has 1 atom stereocenters. The number of ether oxygens (including phenoxy) is 4. The molecule has 0 fully saturated rings. The number of benzene rings is 3. The van der Waals surface area contributed by atoms with Gasteiger partial charge in [-0.1, -0.05) is 36.4 Å². The smallest absolute Gasteiger partial charge is 0.410 e. The first kappa shape index (κ1) is 43.2. The maximum absolute atomic E-state index is 14.1. The van der Waals surface area contributed by atoms with Crippen LogP contribution in [0.5, 0.6) is 5.75 Å². The van der Waals surface area contributed by atoms with Crippen LogP contribution in [0.2, 0.25) is 0 Å². The van der Waals surface area contributed by atoms with Gasteiger partial charge in [0, 0.05) is 47.9 Å². The van der Waals surface area contributed by atoms with Crippen molar-refractivity contribution in [2.75, 3.05) is 25.5 Å². The highest BCUT2D eigenvalue weighted by Gasteiger charge is 2.38. The first-order valence-corrected chi connectivity index (χ1v) is 20.7. The summed E-state index contributed by atoms with van der Waals surface area (Å²) in [5.74, 6) is -1.95. The predicted octanol–water partition coefficient (Wildman–Crippen LogP) is 9.30. The molecule has 3 aromatic carbocycles. The number of thiophene rings is 1. The molecule has 0 spiro atoms. The molecule has 1 aliphatic heterocycles. The van der Waals surface area contributed by atoms with Gasteiger partial charge in [0.05, 0.1) is 12.7 Å². The highest BCUT2D eigenvalue weighted by atomic mass is 32.1. The Labute approximate surface area is 349 Å². The number of hydrogen-bond acceptors (Lipinski definition) is 11. The van der Waals surface area contributed by atoms with E-state index in [0.29, 0.717) is 38.0 Å². The molecular formula is C46H55N3O9S. The minimum Gasteiger partial charge on any atom is -0.497 e. The molecular weight excluding hydrogens is 771 g/mol. The summed E-state index contributed by atoms with van der Waals surface area (Å²) < 4.78 is 28.7. The van der Waals surface area contributed by atoms with Crippen molar-refractivity contribution in [2.45, 2.75) is 111 Å². The van der Waals surface area contributed by atoms with Crippen LogP contribution < -0.4 is 10.1 Å². The number of para-hydroxylation sites is 1. The fraction of sp³-hybridized carbons (Fsp3) is 0.435. The summed E-state index contributed by atoms with van der Waals surface area (Å²) in [5, 5.41) is 4.91. The zero-order valence-corrected chi connectivity index (χ0v) is 36.5. The van der Waals surface area contributed by atoms with Gasteiger partial charge >= 0.3 is 23.9 Å². The average molecular weight is 826 g/mol. The highest BCUT2D eigenvalue weighted by molar-refractivity contribution is 7.17. The monoisotopic (exact) mass is 825 g/mol. The average Bonchev–Trinajstić information content (AvgIpc) is 3.68. The van der Waals surface area contributed by atoms with E-state index < -0.39 is 40.7 Å². The van der Waals surface area contributed by atoms with Gasteiger partial charge in [-0.3, -0.25) is 9.69 Å². The zero-order chi connectivity index (χ0) is 42.9. The van der Waals surface area contributed by atoms with Crippen molar-refractivity contribution in [3.8, 4) is 5.75 Å². The maximum Gasteiger partial charge on any atom is 0.410 e. The molecule has 1 unspecified atom stereocenters. The van der Waals surface area contributed by atoms with Gasteiger partial charge in [-0.15, -0.1) is 11.3 Å². The fourth-order valence-electron chi connectivity index (χ4n) is 7.01. The summed E-state index contributed by atoms with van der Waals surface area (Å²) in [5.41, 5.74) is 2.07. The Hall–Kier alpha value is -5.40. The molecule has 0 aliphatic carbocycles. The Morgan fingerprint density at radius 3 is 2.12 bits per heavy atom. The number of esters is 2. The number of amides is 2. The Kier molecular flexibility index (Phi) is 12.5.